The molecule has 2 aliphatic rings. The first-order valence-corrected chi connectivity index (χ1v) is 8.56. The number of nitrogens with one attached hydrogen (secondary N) is 1. The van der Waals surface area contributed by atoms with Gasteiger partial charge in [-0.25, -0.2) is 0 Å². The molecule has 0 aromatic heterocycles. The number of hydrogen-bond acceptors (Lipinski definition) is 2. The van der Waals surface area contributed by atoms with Crippen LogP contribution in [0.15, 0.2) is 0 Å². The second-order valence-corrected chi connectivity index (χ2v) is 7.40. The standard InChI is InChI=1S/C17H34N2/c1-5-16(6-2)14-19(12-15(3)4)17(13-18-16)10-8-7-9-11-17/h15,18H,5-14H2,1-4H3. The smallest absolute Gasteiger partial charge is 0.0335 e. The van der Waals surface area contributed by atoms with Crippen molar-refractivity contribution in [3.63, 3.8) is 0 Å². The first kappa shape index (κ1) is 15.3. The van der Waals surface area contributed by atoms with E-state index in [1.807, 2.05) is 0 Å². The van der Waals surface area contributed by atoms with Gasteiger partial charge in [-0.2, -0.15) is 0 Å². The Labute approximate surface area is 120 Å². The van der Waals surface area contributed by atoms with Gasteiger partial charge in [-0.3, -0.25) is 4.90 Å². The Morgan fingerprint density at radius 1 is 1.05 bits per heavy atom. The molecule has 0 amide bonds. The second-order valence-electron chi connectivity index (χ2n) is 7.40. The van der Waals surface area contributed by atoms with Crippen LogP contribution in [0.25, 0.3) is 0 Å². The highest BCUT2D eigenvalue weighted by atomic mass is 15.3. The Morgan fingerprint density at radius 2 is 1.68 bits per heavy atom. The van der Waals surface area contributed by atoms with Crippen LogP contribution in [0.4, 0.5) is 0 Å². The molecule has 0 radical (unpaired) electrons. The van der Waals surface area contributed by atoms with Crippen LogP contribution in [0.5, 0.6) is 0 Å². The van der Waals surface area contributed by atoms with Gasteiger partial charge in [0, 0.05) is 30.7 Å². The van der Waals surface area contributed by atoms with Crippen LogP contribution in [-0.2, 0) is 0 Å². The summed E-state index contributed by atoms with van der Waals surface area (Å²) in [5.41, 5.74) is 0.855. The van der Waals surface area contributed by atoms with Crippen molar-refractivity contribution in [3.05, 3.63) is 0 Å². The van der Waals surface area contributed by atoms with Crippen LogP contribution in [0.2, 0.25) is 0 Å². The summed E-state index contributed by atoms with van der Waals surface area (Å²) in [6, 6.07) is 0. The lowest BCUT2D eigenvalue weighted by Gasteiger charge is -2.56. The molecule has 0 unspecified atom stereocenters. The van der Waals surface area contributed by atoms with Crippen molar-refractivity contribution in [1.82, 2.24) is 10.2 Å². The van der Waals surface area contributed by atoms with E-state index in [2.05, 4.69) is 37.9 Å². The summed E-state index contributed by atoms with van der Waals surface area (Å²) in [5, 5.41) is 3.95. The summed E-state index contributed by atoms with van der Waals surface area (Å²) < 4.78 is 0. The Morgan fingerprint density at radius 3 is 2.21 bits per heavy atom. The molecule has 2 nitrogen and oxygen atoms in total. The van der Waals surface area contributed by atoms with E-state index in [0.29, 0.717) is 11.1 Å². The number of hydrogen-bond donors (Lipinski definition) is 1. The summed E-state index contributed by atoms with van der Waals surface area (Å²) in [6.45, 7) is 13.2. The van der Waals surface area contributed by atoms with Crippen LogP contribution < -0.4 is 5.32 Å². The minimum Gasteiger partial charge on any atom is -0.308 e. The van der Waals surface area contributed by atoms with E-state index in [1.165, 1.54) is 64.6 Å². The topological polar surface area (TPSA) is 15.3 Å². The van der Waals surface area contributed by atoms with Gasteiger partial charge < -0.3 is 5.32 Å². The third-order valence-electron chi connectivity index (χ3n) is 5.68. The summed E-state index contributed by atoms with van der Waals surface area (Å²) in [6.07, 6.45) is 9.65. The first-order chi connectivity index (χ1) is 9.06. The fourth-order valence-electron chi connectivity index (χ4n) is 4.18. The van der Waals surface area contributed by atoms with E-state index >= 15 is 0 Å². The van der Waals surface area contributed by atoms with Gasteiger partial charge in [0.05, 0.1) is 0 Å². The molecular weight excluding hydrogens is 232 g/mol. The Hall–Kier alpha value is -0.0800. The lowest BCUT2D eigenvalue weighted by Crippen LogP contribution is -2.70. The average molecular weight is 266 g/mol. The minimum absolute atomic E-state index is 0.373. The lowest BCUT2D eigenvalue weighted by atomic mass is 9.75. The van der Waals surface area contributed by atoms with E-state index in [-0.39, 0.29) is 0 Å². The molecule has 0 bridgehead atoms. The van der Waals surface area contributed by atoms with Crippen molar-refractivity contribution in [2.75, 3.05) is 19.6 Å². The zero-order valence-corrected chi connectivity index (χ0v) is 13.6. The molecule has 1 spiro atoms. The molecule has 2 rings (SSSR count). The largest absolute Gasteiger partial charge is 0.308 e. The lowest BCUT2D eigenvalue weighted by molar-refractivity contribution is -0.0283. The maximum absolute atomic E-state index is 3.95. The Bertz CT molecular complexity index is 275. The van der Waals surface area contributed by atoms with Gasteiger partial charge in [0.1, 0.15) is 0 Å². The molecule has 2 heteroatoms. The summed E-state index contributed by atoms with van der Waals surface area (Å²) >= 11 is 0. The highest BCUT2D eigenvalue weighted by Crippen LogP contribution is 2.38. The minimum atomic E-state index is 0.373. The molecular formula is C17H34N2. The molecule has 112 valence electrons. The van der Waals surface area contributed by atoms with Crippen LogP contribution >= 0.6 is 0 Å². The first-order valence-electron chi connectivity index (χ1n) is 8.56. The molecule has 0 aromatic rings. The average Bonchev–Trinajstić information content (AvgIpc) is 2.42. The van der Waals surface area contributed by atoms with Gasteiger partial charge in [0.2, 0.25) is 0 Å². The highest BCUT2D eigenvalue weighted by Gasteiger charge is 2.46. The number of nitrogens with zero attached hydrogens (tertiary/aromatic N) is 1. The number of piperazine rings is 1. The second kappa shape index (κ2) is 6.13. The van der Waals surface area contributed by atoms with Crippen LogP contribution in [0, 0.1) is 5.92 Å². The van der Waals surface area contributed by atoms with E-state index in [9.17, 15) is 0 Å². The molecule has 1 aliphatic carbocycles. The Kier molecular flexibility index (Phi) is 4.94. The van der Waals surface area contributed by atoms with Gasteiger partial charge in [0.25, 0.3) is 0 Å². The summed E-state index contributed by atoms with van der Waals surface area (Å²) in [7, 11) is 0. The highest BCUT2D eigenvalue weighted by molar-refractivity contribution is 5.05. The van der Waals surface area contributed by atoms with Gasteiger partial charge in [0.15, 0.2) is 0 Å². The van der Waals surface area contributed by atoms with Crippen molar-refractivity contribution in [1.29, 1.82) is 0 Å². The predicted molar refractivity (Wildman–Crippen MR) is 83.5 cm³/mol. The monoisotopic (exact) mass is 266 g/mol. The molecule has 1 N–H and O–H groups in total. The van der Waals surface area contributed by atoms with Crippen molar-refractivity contribution in [3.8, 4) is 0 Å². The maximum Gasteiger partial charge on any atom is 0.0335 e. The molecule has 1 saturated heterocycles. The van der Waals surface area contributed by atoms with E-state index in [0.717, 1.165) is 5.92 Å². The fourth-order valence-corrected chi connectivity index (χ4v) is 4.18. The summed E-state index contributed by atoms with van der Waals surface area (Å²) in [4.78, 5) is 2.88. The van der Waals surface area contributed by atoms with Crippen LogP contribution in [0.3, 0.4) is 0 Å². The van der Waals surface area contributed by atoms with Crippen molar-refractivity contribution < 1.29 is 0 Å². The molecule has 1 aliphatic heterocycles. The van der Waals surface area contributed by atoms with Crippen molar-refractivity contribution in [2.24, 2.45) is 5.92 Å². The molecule has 0 aromatic carbocycles. The van der Waals surface area contributed by atoms with E-state index in [4.69, 9.17) is 0 Å². The zero-order chi connectivity index (χ0) is 13.9. The van der Waals surface area contributed by atoms with Gasteiger partial charge >= 0.3 is 0 Å². The normalized spacial score (nSPS) is 27.0. The number of rotatable bonds is 4. The fraction of sp³-hybridized carbons (Fsp3) is 1.00. The van der Waals surface area contributed by atoms with E-state index in [1.54, 1.807) is 0 Å². The van der Waals surface area contributed by atoms with Gasteiger partial charge in [-0.05, 0) is 31.6 Å². The molecule has 1 saturated carbocycles. The molecule has 2 fully saturated rings. The van der Waals surface area contributed by atoms with Crippen LogP contribution in [-0.4, -0.2) is 35.6 Å². The Balaban J connectivity index is 2.15. The van der Waals surface area contributed by atoms with Gasteiger partial charge in [-0.15, -0.1) is 0 Å². The van der Waals surface area contributed by atoms with Crippen molar-refractivity contribution >= 4 is 0 Å². The quantitative estimate of drug-likeness (QED) is 0.832. The van der Waals surface area contributed by atoms with Gasteiger partial charge in [-0.1, -0.05) is 47.0 Å². The molecule has 0 atom stereocenters. The predicted octanol–water partition coefficient (Wildman–Crippen LogP) is 3.81. The summed E-state index contributed by atoms with van der Waals surface area (Å²) in [5.74, 6) is 0.781. The maximum atomic E-state index is 3.95. The zero-order valence-electron chi connectivity index (χ0n) is 13.6. The molecule has 1 heterocycles. The third-order valence-corrected chi connectivity index (χ3v) is 5.68. The molecule has 19 heavy (non-hydrogen) atoms. The SMILES string of the molecule is CCC1(CC)CN(CC(C)C)C2(CCCCC2)CN1. The van der Waals surface area contributed by atoms with Crippen LogP contribution in [0.1, 0.15) is 72.6 Å². The van der Waals surface area contributed by atoms with E-state index < -0.39 is 0 Å². The van der Waals surface area contributed by atoms with Crippen molar-refractivity contribution in [2.45, 2.75) is 83.7 Å². The third kappa shape index (κ3) is 3.16.